The van der Waals surface area contributed by atoms with Crippen molar-refractivity contribution in [3.8, 4) is 10.6 Å². The summed E-state index contributed by atoms with van der Waals surface area (Å²) in [4.78, 5) is 4.31. The van der Waals surface area contributed by atoms with Crippen LogP contribution < -0.4 is 10.6 Å². The Labute approximate surface area is 134 Å². The van der Waals surface area contributed by atoms with Crippen LogP contribution in [-0.2, 0) is 0 Å². The summed E-state index contributed by atoms with van der Waals surface area (Å²) in [6.07, 6.45) is 8.26. The van der Waals surface area contributed by atoms with Crippen LogP contribution in [0.1, 0.15) is 32.1 Å². The summed E-state index contributed by atoms with van der Waals surface area (Å²) in [6.45, 7) is 0. The molecule has 0 bridgehead atoms. The lowest BCUT2D eigenvalue weighted by atomic mass is 9.96. The van der Waals surface area contributed by atoms with Crippen LogP contribution in [0.2, 0.25) is 0 Å². The lowest BCUT2D eigenvalue weighted by Crippen LogP contribution is -2.38. The van der Waals surface area contributed by atoms with E-state index in [4.69, 9.17) is 12.2 Å². The van der Waals surface area contributed by atoms with Crippen LogP contribution in [0.3, 0.4) is 0 Å². The summed E-state index contributed by atoms with van der Waals surface area (Å²) in [5, 5.41) is 10.4. The van der Waals surface area contributed by atoms with Crippen LogP contribution in [0, 0.1) is 0 Å². The highest BCUT2D eigenvalue weighted by Gasteiger charge is 2.13. The SMILES string of the molecule is S=C(Nc1ccc(-c2nccs2)cc1)NC1CCCCC1. The van der Waals surface area contributed by atoms with Crippen LogP contribution in [0.25, 0.3) is 10.6 Å². The molecule has 2 aromatic rings. The summed E-state index contributed by atoms with van der Waals surface area (Å²) >= 11 is 7.05. The van der Waals surface area contributed by atoms with Gasteiger partial charge in [-0.1, -0.05) is 19.3 Å². The number of thiazole rings is 1. The Morgan fingerprint density at radius 3 is 2.57 bits per heavy atom. The zero-order valence-electron chi connectivity index (χ0n) is 11.8. The second-order valence-electron chi connectivity index (χ2n) is 5.35. The Morgan fingerprint density at radius 1 is 1.14 bits per heavy atom. The first-order chi connectivity index (χ1) is 10.3. The molecule has 1 aromatic carbocycles. The van der Waals surface area contributed by atoms with Crippen molar-refractivity contribution in [3.63, 3.8) is 0 Å². The van der Waals surface area contributed by atoms with Crippen molar-refractivity contribution in [2.75, 3.05) is 5.32 Å². The quantitative estimate of drug-likeness (QED) is 0.821. The average molecular weight is 317 g/mol. The molecule has 3 nitrogen and oxygen atoms in total. The minimum atomic E-state index is 0.536. The lowest BCUT2D eigenvalue weighted by molar-refractivity contribution is 0.415. The van der Waals surface area contributed by atoms with Crippen molar-refractivity contribution in [2.24, 2.45) is 0 Å². The van der Waals surface area contributed by atoms with Gasteiger partial charge in [0.05, 0.1) is 0 Å². The molecule has 0 saturated heterocycles. The minimum absolute atomic E-state index is 0.536. The largest absolute Gasteiger partial charge is 0.360 e. The number of nitrogens with zero attached hydrogens (tertiary/aromatic N) is 1. The van der Waals surface area contributed by atoms with Gasteiger partial charge in [0.15, 0.2) is 5.11 Å². The fraction of sp³-hybridized carbons (Fsp3) is 0.375. The normalized spacial score (nSPS) is 15.6. The van der Waals surface area contributed by atoms with Crippen molar-refractivity contribution in [2.45, 2.75) is 38.1 Å². The molecular weight excluding hydrogens is 298 g/mol. The number of benzene rings is 1. The number of hydrogen-bond donors (Lipinski definition) is 2. The highest BCUT2D eigenvalue weighted by molar-refractivity contribution is 7.80. The van der Waals surface area contributed by atoms with Gasteiger partial charge in [0.25, 0.3) is 0 Å². The molecule has 1 aromatic heterocycles. The Hall–Kier alpha value is -1.46. The fourth-order valence-electron chi connectivity index (χ4n) is 2.66. The van der Waals surface area contributed by atoms with E-state index in [-0.39, 0.29) is 0 Å². The van der Waals surface area contributed by atoms with E-state index in [0.717, 1.165) is 21.4 Å². The van der Waals surface area contributed by atoms with E-state index in [1.54, 1.807) is 11.3 Å². The summed E-state index contributed by atoms with van der Waals surface area (Å²) in [5.74, 6) is 0. The molecule has 0 spiro atoms. The van der Waals surface area contributed by atoms with E-state index in [1.165, 1.54) is 32.1 Å². The van der Waals surface area contributed by atoms with Crippen LogP contribution >= 0.6 is 23.6 Å². The molecule has 0 unspecified atom stereocenters. The molecule has 1 aliphatic rings. The fourth-order valence-corrected chi connectivity index (χ4v) is 3.59. The van der Waals surface area contributed by atoms with Crippen molar-refractivity contribution in [1.29, 1.82) is 0 Å². The number of thiocarbonyl (C=S) groups is 1. The number of anilines is 1. The standard InChI is InChI=1S/C16H19N3S2/c20-16(18-13-4-2-1-3-5-13)19-14-8-6-12(7-9-14)15-17-10-11-21-15/h6-11,13H,1-5H2,(H2,18,19,20). The molecule has 110 valence electrons. The van der Waals surface area contributed by atoms with Gasteiger partial charge in [-0.2, -0.15) is 0 Å². The Morgan fingerprint density at radius 2 is 1.90 bits per heavy atom. The van der Waals surface area contributed by atoms with Gasteiger partial charge in [-0.3, -0.25) is 0 Å². The van der Waals surface area contributed by atoms with Crippen molar-refractivity contribution < 1.29 is 0 Å². The molecule has 3 rings (SSSR count). The van der Waals surface area contributed by atoms with Crippen molar-refractivity contribution in [1.82, 2.24) is 10.3 Å². The van der Waals surface area contributed by atoms with Gasteiger partial charge < -0.3 is 10.6 Å². The number of hydrogen-bond acceptors (Lipinski definition) is 3. The topological polar surface area (TPSA) is 37.0 Å². The van der Waals surface area contributed by atoms with Crippen LogP contribution in [0.4, 0.5) is 5.69 Å². The van der Waals surface area contributed by atoms with Crippen molar-refractivity contribution in [3.05, 3.63) is 35.8 Å². The maximum Gasteiger partial charge on any atom is 0.170 e. The minimum Gasteiger partial charge on any atom is -0.360 e. The van der Waals surface area contributed by atoms with E-state index in [0.29, 0.717) is 6.04 Å². The lowest BCUT2D eigenvalue weighted by Gasteiger charge is -2.24. The average Bonchev–Trinajstić information content (AvgIpc) is 3.03. The number of aromatic nitrogens is 1. The summed E-state index contributed by atoms with van der Waals surface area (Å²) in [5.41, 5.74) is 2.16. The third-order valence-corrected chi connectivity index (χ3v) is 4.80. The van der Waals surface area contributed by atoms with Gasteiger partial charge in [-0.05, 0) is 49.3 Å². The van der Waals surface area contributed by atoms with E-state index < -0.39 is 0 Å². The van der Waals surface area contributed by atoms with E-state index in [1.807, 2.05) is 23.7 Å². The predicted octanol–water partition coefficient (Wildman–Crippen LogP) is 4.43. The summed E-state index contributed by atoms with van der Waals surface area (Å²) in [7, 11) is 0. The molecular formula is C16H19N3S2. The Kier molecular flexibility index (Phi) is 4.83. The molecule has 0 radical (unpaired) electrons. The Balaban J connectivity index is 1.56. The molecule has 1 fully saturated rings. The monoisotopic (exact) mass is 317 g/mol. The summed E-state index contributed by atoms with van der Waals surface area (Å²) < 4.78 is 0. The highest BCUT2D eigenvalue weighted by atomic mass is 32.1. The molecule has 1 saturated carbocycles. The molecule has 1 aliphatic carbocycles. The zero-order valence-corrected chi connectivity index (χ0v) is 13.5. The van der Waals surface area contributed by atoms with Gasteiger partial charge in [0.1, 0.15) is 5.01 Å². The molecule has 1 heterocycles. The second kappa shape index (κ2) is 7.00. The molecule has 0 amide bonds. The van der Waals surface area contributed by atoms with Gasteiger partial charge in [0.2, 0.25) is 0 Å². The van der Waals surface area contributed by atoms with Crippen molar-refractivity contribution >= 4 is 34.4 Å². The van der Waals surface area contributed by atoms with E-state index in [2.05, 4.69) is 27.8 Å². The highest BCUT2D eigenvalue weighted by Crippen LogP contribution is 2.23. The second-order valence-corrected chi connectivity index (χ2v) is 6.65. The van der Waals surface area contributed by atoms with Gasteiger partial charge in [0, 0.05) is 28.9 Å². The smallest absolute Gasteiger partial charge is 0.170 e. The van der Waals surface area contributed by atoms with Crippen LogP contribution in [-0.4, -0.2) is 16.1 Å². The number of nitrogens with one attached hydrogen (secondary N) is 2. The molecule has 5 heteroatoms. The number of rotatable bonds is 3. The van der Waals surface area contributed by atoms with E-state index >= 15 is 0 Å². The maximum atomic E-state index is 5.40. The predicted molar refractivity (Wildman–Crippen MR) is 93.8 cm³/mol. The molecule has 2 N–H and O–H groups in total. The van der Waals surface area contributed by atoms with Gasteiger partial charge in [-0.15, -0.1) is 11.3 Å². The van der Waals surface area contributed by atoms with Gasteiger partial charge in [-0.25, -0.2) is 4.98 Å². The maximum absolute atomic E-state index is 5.40. The first-order valence-corrected chi connectivity index (χ1v) is 8.67. The third kappa shape index (κ3) is 4.02. The first-order valence-electron chi connectivity index (χ1n) is 7.39. The summed E-state index contributed by atoms with van der Waals surface area (Å²) in [6, 6.07) is 8.78. The zero-order chi connectivity index (χ0) is 14.5. The van der Waals surface area contributed by atoms with E-state index in [9.17, 15) is 0 Å². The molecule has 21 heavy (non-hydrogen) atoms. The third-order valence-electron chi connectivity index (χ3n) is 3.76. The Bertz CT molecular complexity index is 572. The van der Waals surface area contributed by atoms with Gasteiger partial charge >= 0.3 is 0 Å². The molecule has 0 atom stereocenters. The van der Waals surface area contributed by atoms with Crippen LogP contribution in [0.15, 0.2) is 35.8 Å². The molecule has 0 aliphatic heterocycles. The van der Waals surface area contributed by atoms with Crippen LogP contribution in [0.5, 0.6) is 0 Å². The first kappa shape index (κ1) is 14.5.